The highest BCUT2D eigenvalue weighted by Gasteiger charge is 2.57. The smallest absolute Gasteiger partial charge is 0.204 e. The molecule has 2 atom stereocenters. The van der Waals surface area contributed by atoms with Gasteiger partial charge in [0.05, 0.1) is 17.2 Å². The maximum atomic E-state index is 15.6. The second kappa shape index (κ2) is 10.8. The van der Waals surface area contributed by atoms with E-state index >= 15 is 4.39 Å². The van der Waals surface area contributed by atoms with Gasteiger partial charge in [-0.2, -0.15) is 5.26 Å². The van der Waals surface area contributed by atoms with E-state index in [9.17, 15) is 9.18 Å². The Morgan fingerprint density at radius 1 is 1.35 bits per heavy atom. The lowest BCUT2D eigenvalue weighted by atomic mass is 9.88. The van der Waals surface area contributed by atoms with E-state index in [2.05, 4.69) is 22.5 Å². The number of rotatable bonds is 9. The second-order valence-corrected chi connectivity index (χ2v) is 8.50. The molecule has 0 aromatic heterocycles. The molecule has 1 aliphatic carbocycles. The van der Waals surface area contributed by atoms with Gasteiger partial charge in [-0.25, -0.2) is 8.78 Å². The number of ketones is 1. The van der Waals surface area contributed by atoms with Crippen LogP contribution in [-0.4, -0.2) is 24.2 Å². The molecule has 0 spiro atoms. The van der Waals surface area contributed by atoms with Gasteiger partial charge >= 0.3 is 0 Å². The average Bonchev–Trinajstić information content (AvgIpc) is 2.96. The predicted molar refractivity (Wildman–Crippen MR) is 119 cm³/mol. The van der Waals surface area contributed by atoms with Crippen molar-refractivity contribution in [3.63, 3.8) is 0 Å². The van der Waals surface area contributed by atoms with Crippen molar-refractivity contribution in [1.29, 1.82) is 5.26 Å². The van der Waals surface area contributed by atoms with Crippen molar-refractivity contribution in [1.82, 2.24) is 0 Å². The molecule has 1 fully saturated rings. The third kappa shape index (κ3) is 5.13. The van der Waals surface area contributed by atoms with Crippen LogP contribution in [0.25, 0.3) is 0 Å². The zero-order chi connectivity index (χ0) is 23.2. The fourth-order valence-electron chi connectivity index (χ4n) is 3.71. The van der Waals surface area contributed by atoms with Gasteiger partial charge in [-0.05, 0) is 42.5 Å². The van der Waals surface area contributed by atoms with Crippen LogP contribution in [0.5, 0.6) is 5.75 Å². The van der Waals surface area contributed by atoms with Crippen molar-refractivity contribution in [2.24, 2.45) is 0 Å². The van der Waals surface area contributed by atoms with Crippen LogP contribution in [0.1, 0.15) is 52.0 Å². The monoisotopic (exact) mass is 493 g/mol. The summed E-state index contributed by atoms with van der Waals surface area (Å²) in [4.78, 5) is 13.1. The molecule has 2 unspecified atom stereocenters. The maximum Gasteiger partial charge on any atom is 0.204 e. The van der Waals surface area contributed by atoms with Gasteiger partial charge in [0.2, 0.25) is 5.78 Å². The van der Waals surface area contributed by atoms with Crippen molar-refractivity contribution >= 4 is 21.7 Å². The third-order valence-electron chi connectivity index (χ3n) is 5.03. The zero-order valence-electron chi connectivity index (χ0n) is 17.9. The molecule has 1 aromatic rings. The van der Waals surface area contributed by atoms with E-state index in [0.717, 1.165) is 18.6 Å². The summed E-state index contributed by atoms with van der Waals surface area (Å²) in [5.74, 6) is -1.45. The van der Waals surface area contributed by atoms with Crippen LogP contribution in [0.2, 0.25) is 0 Å². The van der Waals surface area contributed by atoms with Gasteiger partial charge in [-0.3, -0.25) is 4.79 Å². The molecule has 0 saturated heterocycles. The molecule has 0 bridgehead atoms. The Labute approximate surface area is 190 Å². The molecule has 31 heavy (non-hydrogen) atoms. The maximum absolute atomic E-state index is 15.6. The molecule has 166 valence electrons. The molecular formula is C24H26BrF2NO3. The summed E-state index contributed by atoms with van der Waals surface area (Å²) in [7, 11) is 0. The number of hydrogen-bond donors (Lipinski definition) is 0. The Bertz CT molecular complexity index is 950. The van der Waals surface area contributed by atoms with Crippen LogP contribution in [0.4, 0.5) is 8.78 Å². The minimum absolute atomic E-state index is 0.00634. The highest BCUT2D eigenvalue weighted by Crippen LogP contribution is 2.49. The van der Waals surface area contributed by atoms with Crippen molar-refractivity contribution in [2.45, 2.75) is 58.2 Å². The Kier molecular flexibility index (Phi) is 8.72. The van der Waals surface area contributed by atoms with E-state index in [0.29, 0.717) is 29.3 Å². The van der Waals surface area contributed by atoms with Gasteiger partial charge in [-0.15, -0.1) is 0 Å². The summed E-state index contributed by atoms with van der Waals surface area (Å²) in [5, 5.41) is 9.08. The molecule has 0 aliphatic heterocycles. The van der Waals surface area contributed by atoms with Crippen LogP contribution < -0.4 is 4.74 Å². The lowest BCUT2D eigenvalue weighted by Crippen LogP contribution is -2.42. The number of benzene rings is 1. The summed E-state index contributed by atoms with van der Waals surface area (Å²) in [6.45, 7) is 9.59. The van der Waals surface area contributed by atoms with E-state index in [1.165, 1.54) is 12.1 Å². The first-order valence-electron chi connectivity index (χ1n) is 10.2. The van der Waals surface area contributed by atoms with Crippen LogP contribution in [-0.2, 0) is 9.53 Å². The third-order valence-corrected chi connectivity index (χ3v) is 5.43. The summed E-state index contributed by atoms with van der Waals surface area (Å²) in [6.07, 6.45) is 1.81. The number of carbonyl (C=O) groups excluding carboxylic acids is 1. The summed E-state index contributed by atoms with van der Waals surface area (Å²) in [6, 6.07) is 5.33. The van der Waals surface area contributed by atoms with E-state index < -0.39 is 23.4 Å². The molecule has 1 aromatic carbocycles. The minimum Gasteiger partial charge on any atom is -0.456 e. The first-order valence-corrected chi connectivity index (χ1v) is 11.0. The molecule has 7 heteroatoms. The average molecular weight is 494 g/mol. The zero-order valence-corrected chi connectivity index (χ0v) is 19.5. The minimum atomic E-state index is -1.91. The Morgan fingerprint density at radius 2 is 2.06 bits per heavy atom. The quantitative estimate of drug-likeness (QED) is 0.292. The van der Waals surface area contributed by atoms with Crippen molar-refractivity contribution in [2.75, 3.05) is 6.61 Å². The molecule has 1 aliphatic rings. The van der Waals surface area contributed by atoms with Crippen LogP contribution in [0.3, 0.4) is 0 Å². The number of ether oxygens (including phenoxy) is 2. The van der Waals surface area contributed by atoms with Gasteiger partial charge in [0.1, 0.15) is 22.9 Å². The molecule has 0 N–H and O–H groups in total. The Morgan fingerprint density at radius 3 is 2.61 bits per heavy atom. The summed E-state index contributed by atoms with van der Waals surface area (Å²) >= 11 is 3.43. The van der Waals surface area contributed by atoms with E-state index in [4.69, 9.17) is 14.7 Å². The topological polar surface area (TPSA) is 59.3 Å². The van der Waals surface area contributed by atoms with Crippen LogP contribution >= 0.6 is 15.9 Å². The molecule has 1 saturated carbocycles. The second-order valence-electron chi connectivity index (χ2n) is 7.31. The Balaban J connectivity index is 2.68. The standard InChI is InChI=1S/C24H26BrF2NO3/c1-5-8-9-24(30-10-6-2)21(15(4)25)20(22(29)23(24)27)19(7-3)31-18-12-16(14-28)11-17(26)13-18/h7,11-13,23H,3,5-6,8-10H2,1-2,4H3/b20-19-,21-15-. The first kappa shape index (κ1) is 25.0. The highest BCUT2D eigenvalue weighted by atomic mass is 79.9. The fraction of sp³-hybridized carbons (Fsp3) is 0.417. The predicted octanol–water partition coefficient (Wildman–Crippen LogP) is 6.46. The molecular weight excluding hydrogens is 468 g/mol. The summed E-state index contributed by atoms with van der Waals surface area (Å²) in [5.41, 5.74) is -1.00. The number of Topliss-reactive ketones (excluding diaryl/α,β-unsaturated/α-hetero) is 1. The lowest BCUT2D eigenvalue weighted by Gasteiger charge is -2.33. The van der Waals surface area contributed by atoms with Gasteiger partial charge in [0.25, 0.3) is 0 Å². The lowest BCUT2D eigenvalue weighted by molar-refractivity contribution is -0.128. The molecule has 0 radical (unpaired) electrons. The van der Waals surface area contributed by atoms with Crippen molar-refractivity contribution < 1.29 is 23.0 Å². The van der Waals surface area contributed by atoms with Crippen molar-refractivity contribution in [3.8, 4) is 11.8 Å². The highest BCUT2D eigenvalue weighted by molar-refractivity contribution is 9.11. The van der Waals surface area contributed by atoms with Gasteiger partial charge < -0.3 is 9.47 Å². The number of alkyl halides is 1. The van der Waals surface area contributed by atoms with Crippen LogP contribution in [0, 0.1) is 17.1 Å². The number of unbranched alkanes of at least 4 members (excludes halogenated alkanes) is 1. The van der Waals surface area contributed by atoms with Gasteiger partial charge in [0, 0.05) is 18.2 Å². The number of nitriles is 1. The van der Waals surface area contributed by atoms with Crippen LogP contribution in [0.15, 0.2) is 52.2 Å². The first-order chi connectivity index (χ1) is 14.7. The normalized spacial score (nSPS) is 24.0. The van der Waals surface area contributed by atoms with E-state index in [1.54, 1.807) is 6.92 Å². The SMILES string of the molecule is C=C/C(Oc1cc(F)cc(C#N)c1)=C1/C(=O)C(F)C(CCCC)(OCCC)/C1=C(/C)Br. The number of halogens is 3. The molecule has 2 rings (SSSR count). The number of nitrogens with zero attached hydrogens (tertiary/aromatic N) is 1. The van der Waals surface area contributed by atoms with E-state index in [1.807, 2.05) is 19.9 Å². The molecule has 0 amide bonds. The number of hydrogen-bond acceptors (Lipinski definition) is 4. The molecule has 0 heterocycles. The number of carbonyl (C=O) groups is 1. The summed E-state index contributed by atoms with van der Waals surface area (Å²) < 4.78 is 41.8. The molecule has 4 nitrogen and oxygen atoms in total. The van der Waals surface area contributed by atoms with Gasteiger partial charge in [0.15, 0.2) is 6.17 Å². The van der Waals surface area contributed by atoms with Crippen molar-refractivity contribution in [3.05, 3.63) is 63.6 Å². The van der Waals surface area contributed by atoms with E-state index in [-0.39, 0.29) is 29.3 Å². The van der Waals surface area contributed by atoms with Gasteiger partial charge in [-0.1, -0.05) is 49.2 Å². The number of allylic oxidation sites excluding steroid dienone is 2. The Hall–Kier alpha value is -2.30. The fourth-order valence-corrected chi connectivity index (χ4v) is 4.24. The largest absolute Gasteiger partial charge is 0.456 e.